The number of benzene rings is 2. The zero-order valence-electron chi connectivity index (χ0n) is 25.1. The predicted molar refractivity (Wildman–Crippen MR) is 165 cm³/mol. The van der Waals surface area contributed by atoms with Crippen LogP contribution in [-0.2, 0) is 4.74 Å². The summed E-state index contributed by atoms with van der Waals surface area (Å²) in [7, 11) is 0. The number of nitrogens with zero attached hydrogens (tertiary/aromatic N) is 6. The van der Waals surface area contributed by atoms with Crippen molar-refractivity contribution in [3.8, 4) is 22.8 Å². The summed E-state index contributed by atoms with van der Waals surface area (Å²) >= 11 is 0. The molecule has 4 aromatic rings. The van der Waals surface area contributed by atoms with E-state index in [9.17, 15) is 4.79 Å². The molecule has 0 radical (unpaired) electrons. The Morgan fingerprint density at radius 3 is 2.28 bits per heavy atom. The summed E-state index contributed by atoms with van der Waals surface area (Å²) in [6.07, 6.45) is 5.64. The van der Waals surface area contributed by atoms with Crippen molar-refractivity contribution in [2.45, 2.75) is 64.1 Å². The standard InChI is InChI=1S/C33H39N7O3/c1-32(2,3)43-31(41)39-19-33(20-39)17-24(18-33)38-15-13-23(14-16-38)40-30-27(29(34)35-21-36-30)28(37-40)22-9-11-26(12-10-22)42-25-7-5-4-6-8-25/h4-12,21,23-24H,13-20H2,1-3H3,(H2,34,35,36). The van der Waals surface area contributed by atoms with E-state index in [1.54, 1.807) is 0 Å². The molecule has 2 aliphatic heterocycles. The van der Waals surface area contributed by atoms with E-state index in [1.165, 1.54) is 6.33 Å². The number of anilines is 1. The number of carbonyl (C=O) groups is 1. The largest absolute Gasteiger partial charge is 0.457 e. The van der Waals surface area contributed by atoms with Crippen molar-refractivity contribution >= 4 is 22.9 Å². The van der Waals surface area contributed by atoms with Crippen LogP contribution in [0.3, 0.4) is 0 Å². The number of para-hydroxylation sites is 1. The van der Waals surface area contributed by atoms with E-state index in [4.69, 9.17) is 20.3 Å². The van der Waals surface area contributed by atoms with Gasteiger partial charge in [0.15, 0.2) is 5.65 Å². The van der Waals surface area contributed by atoms with Crippen LogP contribution in [0.2, 0.25) is 0 Å². The predicted octanol–water partition coefficient (Wildman–Crippen LogP) is 5.90. The maximum atomic E-state index is 12.4. The van der Waals surface area contributed by atoms with Crippen LogP contribution in [-0.4, -0.2) is 73.5 Å². The van der Waals surface area contributed by atoms with Crippen molar-refractivity contribution in [1.29, 1.82) is 0 Å². The molecule has 3 aliphatic rings. The third-order valence-corrected chi connectivity index (χ3v) is 9.03. The molecule has 7 rings (SSSR count). The average molecular weight is 582 g/mol. The molecule has 2 aromatic carbocycles. The number of amides is 1. The minimum Gasteiger partial charge on any atom is -0.457 e. The van der Waals surface area contributed by atoms with Crippen LogP contribution in [0.25, 0.3) is 22.3 Å². The van der Waals surface area contributed by atoms with Gasteiger partial charge in [0.1, 0.15) is 34.9 Å². The second-order valence-electron chi connectivity index (χ2n) is 13.4. The molecule has 224 valence electrons. The van der Waals surface area contributed by atoms with Gasteiger partial charge in [0.05, 0.1) is 11.4 Å². The van der Waals surface area contributed by atoms with Crippen LogP contribution < -0.4 is 10.5 Å². The molecule has 0 bridgehead atoms. The average Bonchev–Trinajstić information content (AvgIpc) is 3.33. The van der Waals surface area contributed by atoms with Crippen molar-refractivity contribution < 1.29 is 14.3 Å². The summed E-state index contributed by atoms with van der Waals surface area (Å²) in [5, 5.41) is 5.88. The maximum absolute atomic E-state index is 12.4. The summed E-state index contributed by atoms with van der Waals surface area (Å²) in [5.41, 5.74) is 8.74. The van der Waals surface area contributed by atoms with Gasteiger partial charge in [0, 0.05) is 43.2 Å². The van der Waals surface area contributed by atoms with Gasteiger partial charge in [-0.2, -0.15) is 5.10 Å². The molecule has 1 amide bonds. The smallest absolute Gasteiger partial charge is 0.410 e. The molecule has 10 nitrogen and oxygen atoms in total. The van der Waals surface area contributed by atoms with Gasteiger partial charge in [0.25, 0.3) is 0 Å². The van der Waals surface area contributed by atoms with Gasteiger partial charge in [-0.3, -0.25) is 0 Å². The SMILES string of the molecule is CC(C)(C)OC(=O)N1CC2(CC(N3CCC(n4nc(-c5ccc(Oc6ccccc6)cc5)c5c(N)ncnc54)CC3)C2)C1. The first kappa shape index (κ1) is 27.6. The van der Waals surface area contributed by atoms with Crippen molar-refractivity contribution in [2.75, 3.05) is 31.9 Å². The Morgan fingerprint density at radius 1 is 0.930 bits per heavy atom. The highest BCUT2D eigenvalue weighted by atomic mass is 16.6. The number of fused-ring (bicyclic) bond motifs is 1. The number of ether oxygens (including phenoxy) is 2. The fourth-order valence-electron chi connectivity index (χ4n) is 6.93. The molecule has 2 saturated heterocycles. The highest BCUT2D eigenvalue weighted by molar-refractivity contribution is 5.98. The second kappa shape index (κ2) is 10.5. The van der Waals surface area contributed by atoms with Crippen LogP contribution in [0.4, 0.5) is 10.6 Å². The summed E-state index contributed by atoms with van der Waals surface area (Å²) < 4.78 is 13.6. The summed E-state index contributed by atoms with van der Waals surface area (Å²) in [4.78, 5) is 25.8. The van der Waals surface area contributed by atoms with Crippen LogP contribution in [0, 0.1) is 5.41 Å². The number of hydrogen-bond acceptors (Lipinski definition) is 8. The summed E-state index contributed by atoms with van der Waals surface area (Å²) in [6.45, 7) is 9.41. The number of nitrogen functional groups attached to an aromatic ring is 1. The molecule has 10 heteroatoms. The van der Waals surface area contributed by atoms with Gasteiger partial charge in [-0.05, 0) is 82.9 Å². The Bertz CT molecular complexity index is 1610. The van der Waals surface area contributed by atoms with Crippen molar-refractivity contribution in [2.24, 2.45) is 5.41 Å². The molecule has 3 fully saturated rings. The number of aromatic nitrogens is 4. The topological polar surface area (TPSA) is 112 Å². The van der Waals surface area contributed by atoms with Crippen LogP contribution >= 0.6 is 0 Å². The van der Waals surface area contributed by atoms with Gasteiger partial charge in [-0.25, -0.2) is 19.4 Å². The lowest BCUT2D eigenvalue weighted by molar-refractivity contribution is -0.111. The van der Waals surface area contributed by atoms with E-state index in [2.05, 4.69) is 19.5 Å². The zero-order valence-corrected chi connectivity index (χ0v) is 25.1. The number of rotatable bonds is 5. The van der Waals surface area contributed by atoms with Gasteiger partial charge < -0.3 is 25.0 Å². The second-order valence-corrected chi connectivity index (χ2v) is 13.4. The molecule has 0 unspecified atom stereocenters. The van der Waals surface area contributed by atoms with E-state index < -0.39 is 5.60 Å². The van der Waals surface area contributed by atoms with E-state index in [0.29, 0.717) is 11.9 Å². The van der Waals surface area contributed by atoms with E-state index in [1.807, 2.05) is 80.3 Å². The molecular formula is C33H39N7O3. The summed E-state index contributed by atoms with van der Waals surface area (Å²) in [6, 6.07) is 18.5. The molecule has 4 heterocycles. The monoisotopic (exact) mass is 581 g/mol. The van der Waals surface area contributed by atoms with Crippen LogP contribution in [0.15, 0.2) is 60.9 Å². The Hall–Kier alpha value is -4.18. The first-order valence-corrected chi connectivity index (χ1v) is 15.2. The summed E-state index contributed by atoms with van der Waals surface area (Å²) in [5.74, 6) is 1.99. The molecular weight excluding hydrogens is 542 g/mol. The highest BCUT2D eigenvalue weighted by Gasteiger charge is 2.55. The van der Waals surface area contributed by atoms with Gasteiger partial charge in [0.2, 0.25) is 0 Å². The minimum absolute atomic E-state index is 0.186. The molecule has 0 atom stereocenters. The molecule has 1 saturated carbocycles. The van der Waals surface area contributed by atoms with E-state index in [0.717, 1.165) is 85.7 Å². The van der Waals surface area contributed by atoms with Gasteiger partial charge in [-0.1, -0.05) is 18.2 Å². The van der Waals surface area contributed by atoms with Gasteiger partial charge in [-0.15, -0.1) is 0 Å². The normalized spacial score (nSPS) is 19.3. The minimum atomic E-state index is -0.452. The third-order valence-electron chi connectivity index (χ3n) is 9.03. The van der Waals surface area contributed by atoms with E-state index in [-0.39, 0.29) is 17.6 Å². The van der Waals surface area contributed by atoms with Crippen LogP contribution in [0.1, 0.15) is 52.5 Å². The highest BCUT2D eigenvalue weighted by Crippen LogP contribution is 2.51. The number of piperidine rings is 1. The molecule has 2 N–H and O–H groups in total. The lowest BCUT2D eigenvalue weighted by atomic mass is 9.60. The Morgan fingerprint density at radius 2 is 1.60 bits per heavy atom. The molecule has 1 aliphatic carbocycles. The molecule has 2 aromatic heterocycles. The fourth-order valence-corrected chi connectivity index (χ4v) is 6.93. The Labute approximate surface area is 251 Å². The Balaban J connectivity index is 1.00. The quantitative estimate of drug-likeness (QED) is 0.310. The first-order chi connectivity index (χ1) is 20.7. The molecule has 1 spiro atoms. The molecule has 43 heavy (non-hydrogen) atoms. The number of hydrogen-bond donors (Lipinski definition) is 1. The Kier molecular flexibility index (Phi) is 6.76. The lowest BCUT2D eigenvalue weighted by Gasteiger charge is -2.61. The number of carbonyl (C=O) groups excluding carboxylic acids is 1. The van der Waals surface area contributed by atoms with Crippen molar-refractivity contribution in [1.82, 2.24) is 29.5 Å². The maximum Gasteiger partial charge on any atom is 0.410 e. The van der Waals surface area contributed by atoms with E-state index >= 15 is 0 Å². The first-order valence-electron chi connectivity index (χ1n) is 15.2. The van der Waals surface area contributed by atoms with Crippen molar-refractivity contribution in [3.63, 3.8) is 0 Å². The van der Waals surface area contributed by atoms with Crippen LogP contribution in [0.5, 0.6) is 11.5 Å². The lowest BCUT2D eigenvalue weighted by Crippen LogP contribution is -2.68. The number of nitrogens with two attached hydrogens (primary N) is 1. The fraction of sp³-hybridized carbons (Fsp3) is 0.455. The van der Waals surface area contributed by atoms with Crippen molar-refractivity contribution in [3.05, 3.63) is 60.9 Å². The third kappa shape index (κ3) is 5.40. The van der Waals surface area contributed by atoms with Gasteiger partial charge >= 0.3 is 6.09 Å². The number of likely N-dealkylation sites (tertiary alicyclic amines) is 2. The zero-order chi connectivity index (χ0) is 29.8.